The first-order chi connectivity index (χ1) is 7.29. The molecule has 0 spiro atoms. The molecule has 0 aliphatic heterocycles. The maximum atomic E-state index is 10.4. The summed E-state index contributed by atoms with van der Waals surface area (Å²) in [5.41, 5.74) is 6.25. The lowest BCUT2D eigenvalue weighted by atomic mass is 10.2. The quantitative estimate of drug-likeness (QED) is 0.639. The van der Waals surface area contributed by atoms with Crippen LogP contribution in [0.1, 0.15) is 18.4 Å². The zero-order chi connectivity index (χ0) is 10.9. The zero-order valence-corrected chi connectivity index (χ0v) is 8.78. The Balaban J connectivity index is 2.00. The highest BCUT2D eigenvalue weighted by atomic mass is 16.1. The van der Waals surface area contributed by atoms with E-state index in [2.05, 4.69) is 16.4 Å². The maximum Gasteiger partial charge on any atom is 0.217 e. The van der Waals surface area contributed by atoms with Crippen LogP contribution in [0.25, 0.3) is 0 Å². The molecule has 0 unspecified atom stereocenters. The van der Waals surface area contributed by atoms with E-state index in [4.69, 9.17) is 5.73 Å². The van der Waals surface area contributed by atoms with E-state index in [0.717, 1.165) is 25.9 Å². The van der Waals surface area contributed by atoms with Gasteiger partial charge in [0.2, 0.25) is 5.91 Å². The molecule has 4 heteroatoms. The summed E-state index contributed by atoms with van der Waals surface area (Å²) in [7, 11) is 0. The number of hydrogen-bond donors (Lipinski definition) is 2. The molecule has 3 N–H and O–H groups in total. The van der Waals surface area contributed by atoms with Gasteiger partial charge < -0.3 is 11.1 Å². The molecule has 1 rings (SSSR count). The molecule has 15 heavy (non-hydrogen) atoms. The summed E-state index contributed by atoms with van der Waals surface area (Å²) in [6.45, 7) is 1.74. The number of primary amides is 1. The molecule has 0 aliphatic carbocycles. The Bertz CT molecular complexity index is 287. The van der Waals surface area contributed by atoms with Gasteiger partial charge >= 0.3 is 0 Å². The summed E-state index contributed by atoms with van der Waals surface area (Å²) in [5.74, 6) is -0.232. The fourth-order valence-electron chi connectivity index (χ4n) is 1.29. The number of carbonyl (C=O) groups is 1. The second kappa shape index (κ2) is 6.95. The van der Waals surface area contributed by atoms with Crippen LogP contribution in [0.4, 0.5) is 0 Å². The van der Waals surface area contributed by atoms with Crippen molar-refractivity contribution in [3.05, 3.63) is 30.1 Å². The molecule has 4 nitrogen and oxygen atoms in total. The average Bonchev–Trinajstić information content (AvgIpc) is 2.24. The predicted molar refractivity (Wildman–Crippen MR) is 59.2 cm³/mol. The molecule has 82 valence electrons. The van der Waals surface area contributed by atoms with Crippen LogP contribution in [-0.4, -0.2) is 24.0 Å². The highest BCUT2D eigenvalue weighted by Crippen LogP contribution is 1.95. The number of nitrogens with two attached hydrogens (primary N) is 1. The average molecular weight is 207 g/mol. The Kier molecular flexibility index (Phi) is 5.40. The minimum atomic E-state index is -0.232. The molecule has 1 aromatic rings. The molecule has 0 saturated heterocycles. The number of carbonyl (C=O) groups excluding carboxylic acids is 1. The number of pyridine rings is 1. The van der Waals surface area contributed by atoms with Crippen molar-refractivity contribution >= 4 is 5.91 Å². The van der Waals surface area contributed by atoms with Crippen LogP contribution in [0.3, 0.4) is 0 Å². The second-order valence-electron chi connectivity index (χ2n) is 3.43. The van der Waals surface area contributed by atoms with Gasteiger partial charge in [0, 0.05) is 18.8 Å². The van der Waals surface area contributed by atoms with Gasteiger partial charge in [0.1, 0.15) is 0 Å². The van der Waals surface area contributed by atoms with Gasteiger partial charge in [-0.05, 0) is 37.6 Å². The van der Waals surface area contributed by atoms with Crippen LogP contribution < -0.4 is 11.1 Å². The molecule has 0 radical (unpaired) electrons. The van der Waals surface area contributed by atoms with E-state index in [1.807, 2.05) is 12.3 Å². The minimum Gasteiger partial charge on any atom is -0.370 e. The van der Waals surface area contributed by atoms with Crippen LogP contribution in [0.15, 0.2) is 24.5 Å². The van der Waals surface area contributed by atoms with Gasteiger partial charge in [0.05, 0.1) is 0 Å². The van der Waals surface area contributed by atoms with E-state index in [1.165, 1.54) is 5.56 Å². The van der Waals surface area contributed by atoms with Gasteiger partial charge in [-0.1, -0.05) is 6.07 Å². The molecular weight excluding hydrogens is 190 g/mol. The van der Waals surface area contributed by atoms with Crippen molar-refractivity contribution in [2.75, 3.05) is 13.1 Å². The lowest BCUT2D eigenvalue weighted by molar-refractivity contribution is -0.118. The highest BCUT2D eigenvalue weighted by Gasteiger charge is 1.94. The Morgan fingerprint density at radius 2 is 2.33 bits per heavy atom. The van der Waals surface area contributed by atoms with Gasteiger partial charge in [-0.15, -0.1) is 0 Å². The molecule has 1 aromatic heterocycles. The largest absolute Gasteiger partial charge is 0.370 e. The highest BCUT2D eigenvalue weighted by molar-refractivity contribution is 5.73. The van der Waals surface area contributed by atoms with Crippen molar-refractivity contribution in [2.24, 2.45) is 5.73 Å². The van der Waals surface area contributed by atoms with E-state index < -0.39 is 0 Å². The van der Waals surface area contributed by atoms with Gasteiger partial charge in [0.15, 0.2) is 0 Å². The van der Waals surface area contributed by atoms with E-state index >= 15 is 0 Å². The third-order valence-electron chi connectivity index (χ3n) is 2.09. The van der Waals surface area contributed by atoms with Crippen molar-refractivity contribution in [2.45, 2.75) is 19.3 Å². The summed E-state index contributed by atoms with van der Waals surface area (Å²) in [4.78, 5) is 14.5. The number of amides is 1. The first-order valence-electron chi connectivity index (χ1n) is 5.17. The van der Waals surface area contributed by atoms with Crippen LogP contribution in [-0.2, 0) is 11.2 Å². The van der Waals surface area contributed by atoms with E-state index in [-0.39, 0.29) is 5.91 Å². The lowest BCUT2D eigenvalue weighted by Gasteiger charge is -2.03. The number of rotatable bonds is 7. The molecule has 0 atom stereocenters. The predicted octanol–water partition coefficient (Wildman–Crippen LogP) is 0.479. The van der Waals surface area contributed by atoms with E-state index in [1.54, 1.807) is 6.20 Å². The number of nitrogens with one attached hydrogen (secondary N) is 1. The topological polar surface area (TPSA) is 68.0 Å². The van der Waals surface area contributed by atoms with Gasteiger partial charge in [-0.2, -0.15) is 0 Å². The van der Waals surface area contributed by atoms with E-state index in [0.29, 0.717) is 6.42 Å². The summed E-state index contributed by atoms with van der Waals surface area (Å²) in [6.07, 6.45) is 5.86. The molecular formula is C11H17N3O. The third kappa shape index (κ3) is 5.80. The third-order valence-corrected chi connectivity index (χ3v) is 2.09. The number of nitrogens with zero attached hydrogens (tertiary/aromatic N) is 1. The van der Waals surface area contributed by atoms with Crippen molar-refractivity contribution in [3.63, 3.8) is 0 Å². The Hall–Kier alpha value is -1.42. The summed E-state index contributed by atoms with van der Waals surface area (Å²) < 4.78 is 0. The maximum absolute atomic E-state index is 10.4. The first kappa shape index (κ1) is 11.7. The van der Waals surface area contributed by atoms with Gasteiger partial charge in [0.25, 0.3) is 0 Å². The van der Waals surface area contributed by atoms with Crippen molar-refractivity contribution < 1.29 is 4.79 Å². The van der Waals surface area contributed by atoms with Crippen LogP contribution in [0.2, 0.25) is 0 Å². The number of aromatic nitrogens is 1. The van der Waals surface area contributed by atoms with Gasteiger partial charge in [-0.25, -0.2) is 0 Å². The Labute approximate surface area is 89.9 Å². The van der Waals surface area contributed by atoms with E-state index in [9.17, 15) is 4.79 Å². The molecule has 0 saturated carbocycles. The van der Waals surface area contributed by atoms with Crippen LogP contribution >= 0.6 is 0 Å². The summed E-state index contributed by atoms with van der Waals surface area (Å²) in [5, 5.41) is 3.25. The van der Waals surface area contributed by atoms with Crippen molar-refractivity contribution in [1.82, 2.24) is 10.3 Å². The Morgan fingerprint density at radius 1 is 1.47 bits per heavy atom. The second-order valence-corrected chi connectivity index (χ2v) is 3.43. The molecule has 1 heterocycles. The fraction of sp³-hybridized carbons (Fsp3) is 0.455. The smallest absolute Gasteiger partial charge is 0.217 e. The van der Waals surface area contributed by atoms with Crippen molar-refractivity contribution in [3.8, 4) is 0 Å². The molecule has 0 fully saturated rings. The standard InChI is InChI=1S/C11H17N3O/c12-11(15)4-2-6-13-8-5-10-3-1-7-14-9-10/h1,3,7,9,13H,2,4-6,8H2,(H2,12,15). The molecule has 1 amide bonds. The monoisotopic (exact) mass is 207 g/mol. The molecule has 0 aromatic carbocycles. The SMILES string of the molecule is NC(=O)CCCNCCc1cccnc1. The van der Waals surface area contributed by atoms with Crippen LogP contribution in [0.5, 0.6) is 0 Å². The lowest BCUT2D eigenvalue weighted by Crippen LogP contribution is -2.20. The molecule has 0 aliphatic rings. The fourth-order valence-corrected chi connectivity index (χ4v) is 1.29. The zero-order valence-electron chi connectivity index (χ0n) is 8.78. The summed E-state index contributed by atoms with van der Waals surface area (Å²) >= 11 is 0. The first-order valence-corrected chi connectivity index (χ1v) is 5.17. The summed E-state index contributed by atoms with van der Waals surface area (Å²) in [6, 6.07) is 3.99. The number of hydrogen-bond acceptors (Lipinski definition) is 3. The molecule has 0 bridgehead atoms. The van der Waals surface area contributed by atoms with Crippen molar-refractivity contribution in [1.29, 1.82) is 0 Å². The van der Waals surface area contributed by atoms with Crippen LogP contribution in [0, 0.1) is 0 Å². The van der Waals surface area contributed by atoms with Gasteiger partial charge in [-0.3, -0.25) is 9.78 Å². The minimum absolute atomic E-state index is 0.232. The Morgan fingerprint density at radius 3 is 3.00 bits per heavy atom. The normalized spacial score (nSPS) is 10.1.